The molecule has 0 amide bonds. The molecule has 0 aliphatic carbocycles. The van der Waals surface area contributed by atoms with E-state index in [0.717, 1.165) is 16.9 Å². The number of para-hydroxylation sites is 1. The minimum absolute atomic E-state index is 0.460. The number of nitrogens with zero attached hydrogens (tertiary/aromatic N) is 6. The van der Waals surface area contributed by atoms with Gasteiger partial charge < -0.3 is 10.6 Å². The molecular formula is C22H18N8. The van der Waals surface area contributed by atoms with E-state index in [1.165, 1.54) is 0 Å². The first-order chi connectivity index (χ1) is 14.9. The lowest BCUT2D eigenvalue weighted by molar-refractivity contribution is 1.05. The Labute approximate surface area is 172 Å². The van der Waals surface area contributed by atoms with E-state index in [2.05, 4.69) is 30.6 Å². The summed E-state index contributed by atoms with van der Waals surface area (Å²) in [7, 11) is 0. The largest absolute Gasteiger partial charge is 0.364 e. The molecule has 8 heteroatoms. The molecule has 0 saturated carbocycles. The summed E-state index contributed by atoms with van der Waals surface area (Å²) in [5, 5.41) is 6.60. The lowest BCUT2D eigenvalue weighted by Gasteiger charge is -2.11. The van der Waals surface area contributed by atoms with Gasteiger partial charge in [0.15, 0.2) is 17.0 Å². The minimum Gasteiger partial charge on any atom is -0.364 e. The maximum Gasteiger partial charge on any atom is 0.231 e. The maximum atomic E-state index is 4.72. The number of pyridine rings is 2. The summed E-state index contributed by atoms with van der Waals surface area (Å²) >= 11 is 0. The van der Waals surface area contributed by atoms with Crippen molar-refractivity contribution in [2.45, 2.75) is 6.54 Å². The van der Waals surface area contributed by atoms with Crippen molar-refractivity contribution in [2.24, 2.45) is 0 Å². The Bertz CT molecular complexity index is 1250. The van der Waals surface area contributed by atoms with Crippen molar-refractivity contribution in [3.05, 3.63) is 91.3 Å². The molecule has 0 unspecified atom stereocenters. The monoisotopic (exact) mass is 394 g/mol. The molecular weight excluding hydrogens is 376 g/mol. The highest BCUT2D eigenvalue weighted by Crippen LogP contribution is 2.25. The fourth-order valence-electron chi connectivity index (χ4n) is 3.11. The second-order valence-corrected chi connectivity index (χ2v) is 6.60. The Morgan fingerprint density at radius 3 is 2.43 bits per heavy atom. The van der Waals surface area contributed by atoms with Gasteiger partial charge in [0.25, 0.3) is 0 Å². The van der Waals surface area contributed by atoms with Crippen molar-refractivity contribution >= 4 is 28.6 Å². The summed E-state index contributed by atoms with van der Waals surface area (Å²) in [6, 6.07) is 17.7. The molecule has 5 rings (SSSR count). The lowest BCUT2D eigenvalue weighted by Crippen LogP contribution is -2.07. The number of hydrogen-bond acceptors (Lipinski definition) is 7. The van der Waals surface area contributed by atoms with E-state index in [4.69, 9.17) is 4.98 Å². The van der Waals surface area contributed by atoms with Crippen LogP contribution in [0.5, 0.6) is 0 Å². The number of rotatable bonds is 6. The number of fused-ring (bicyclic) bond motifs is 1. The van der Waals surface area contributed by atoms with Gasteiger partial charge in [-0.05, 0) is 35.9 Å². The van der Waals surface area contributed by atoms with Crippen LogP contribution in [-0.4, -0.2) is 29.5 Å². The molecule has 0 aliphatic rings. The standard InChI is InChI=1S/C22H18N8/c1-2-8-18(9-3-1)30-15-26-19-20(25-13-16-6-4-10-23-12-16)28-22(29-21(19)30)27-17-7-5-11-24-14-17/h1-12,14-15H,13H2,(H2,25,27,28,29). The number of benzene rings is 1. The van der Waals surface area contributed by atoms with Crippen molar-refractivity contribution in [1.29, 1.82) is 0 Å². The van der Waals surface area contributed by atoms with Gasteiger partial charge in [-0.25, -0.2) is 4.98 Å². The summed E-state index contributed by atoms with van der Waals surface area (Å²) < 4.78 is 1.95. The van der Waals surface area contributed by atoms with Gasteiger partial charge in [-0.15, -0.1) is 0 Å². The van der Waals surface area contributed by atoms with Crippen LogP contribution in [0, 0.1) is 0 Å². The SMILES string of the molecule is c1ccc(-n2cnc3c(NCc4cccnc4)nc(Nc4cccnc4)nc32)cc1. The first-order valence-electron chi connectivity index (χ1n) is 9.47. The Morgan fingerprint density at radius 1 is 0.833 bits per heavy atom. The van der Waals surface area contributed by atoms with E-state index in [1.807, 2.05) is 65.4 Å². The third-order valence-corrected chi connectivity index (χ3v) is 4.53. The number of imidazole rings is 1. The van der Waals surface area contributed by atoms with E-state index >= 15 is 0 Å². The first kappa shape index (κ1) is 17.7. The highest BCUT2D eigenvalue weighted by molar-refractivity contribution is 5.85. The predicted molar refractivity (Wildman–Crippen MR) is 116 cm³/mol. The Hall–Kier alpha value is -4.33. The van der Waals surface area contributed by atoms with Crippen molar-refractivity contribution in [2.75, 3.05) is 10.6 Å². The molecule has 5 aromatic rings. The van der Waals surface area contributed by atoms with Gasteiger partial charge in [-0.3, -0.25) is 14.5 Å². The van der Waals surface area contributed by atoms with Gasteiger partial charge in [-0.1, -0.05) is 24.3 Å². The zero-order chi connectivity index (χ0) is 20.2. The van der Waals surface area contributed by atoms with Gasteiger partial charge in [0.1, 0.15) is 6.33 Å². The fraction of sp³-hybridized carbons (Fsp3) is 0.0455. The molecule has 146 valence electrons. The van der Waals surface area contributed by atoms with E-state index in [-0.39, 0.29) is 0 Å². The topological polar surface area (TPSA) is 93.4 Å². The average Bonchev–Trinajstić information content (AvgIpc) is 3.23. The molecule has 0 bridgehead atoms. The number of aromatic nitrogens is 6. The zero-order valence-electron chi connectivity index (χ0n) is 16.0. The summed E-state index contributed by atoms with van der Waals surface area (Å²) in [5.41, 5.74) is 4.23. The summed E-state index contributed by atoms with van der Waals surface area (Å²) in [4.78, 5) is 22.3. The molecule has 0 spiro atoms. The molecule has 0 saturated heterocycles. The molecule has 2 N–H and O–H groups in total. The minimum atomic E-state index is 0.460. The van der Waals surface area contributed by atoms with Crippen LogP contribution in [0.15, 0.2) is 85.7 Å². The second kappa shape index (κ2) is 7.96. The Kier molecular flexibility index (Phi) is 4.71. The molecule has 8 nitrogen and oxygen atoms in total. The van der Waals surface area contributed by atoms with Gasteiger partial charge in [0.2, 0.25) is 5.95 Å². The van der Waals surface area contributed by atoms with Gasteiger partial charge in [0, 0.05) is 30.8 Å². The maximum absolute atomic E-state index is 4.72. The Balaban J connectivity index is 1.57. The van der Waals surface area contributed by atoms with Gasteiger partial charge in [-0.2, -0.15) is 9.97 Å². The van der Waals surface area contributed by atoms with E-state index < -0.39 is 0 Å². The highest BCUT2D eigenvalue weighted by Gasteiger charge is 2.14. The van der Waals surface area contributed by atoms with Crippen molar-refractivity contribution in [3.63, 3.8) is 0 Å². The molecule has 0 aliphatic heterocycles. The van der Waals surface area contributed by atoms with Crippen LogP contribution in [0.2, 0.25) is 0 Å². The Morgan fingerprint density at radius 2 is 1.67 bits per heavy atom. The molecule has 0 radical (unpaired) electrons. The molecule has 30 heavy (non-hydrogen) atoms. The van der Waals surface area contributed by atoms with Crippen LogP contribution in [0.25, 0.3) is 16.9 Å². The first-order valence-corrected chi connectivity index (χ1v) is 9.47. The summed E-state index contributed by atoms with van der Waals surface area (Å²) in [6.45, 7) is 0.574. The zero-order valence-corrected chi connectivity index (χ0v) is 16.0. The van der Waals surface area contributed by atoms with Crippen LogP contribution in [0.4, 0.5) is 17.5 Å². The molecule has 0 fully saturated rings. The number of anilines is 3. The van der Waals surface area contributed by atoms with Crippen molar-refractivity contribution < 1.29 is 0 Å². The quantitative estimate of drug-likeness (QED) is 0.450. The number of hydrogen-bond donors (Lipinski definition) is 2. The summed E-state index contributed by atoms with van der Waals surface area (Å²) in [5.74, 6) is 1.10. The number of nitrogens with one attached hydrogen (secondary N) is 2. The van der Waals surface area contributed by atoms with E-state index in [0.29, 0.717) is 29.5 Å². The normalized spacial score (nSPS) is 10.8. The van der Waals surface area contributed by atoms with E-state index in [1.54, 1.807) is 24.9 Å². The highest BCUT2D eigenvalue weighted by atomic mass is 15.2. The van der Waals surface area contributed by atoms with Crippen LogP contribution in [0.3, 0.4) is 0 Å². The van der Waals surface area contributed by atoms with Crippen molar-refractivity contribution in [1.82, 2.24) is 29.5 Å². The van der Waals surface area contributed by atoms with Crippen LogP contribution >= 0.6 is 0 Å². The van der Waals surface area contributed by atoms with Crippen LogP contribution in [-0.2, 0) is 6.54 Å². The van der Waals surface area contributed by atoms with Crippen molar-refractivity contribution in [3.8, 4) is 5.69 Å². The van der Waals surface area contributed by atoms with Gasteiger partial charge >= 0.3 is 0 Å². The molecule has 4 aromatic heterocycles. The average molecular weight is 394 g/mol. The van der Waals surface area contributed by atoms with Gasteiger partial charge in [0.05, 0.1) is 11.9 Å². The third-order valence-electron chi connectivity index (χ3n) is 4.53. The second-order valence-electron chi connectivity index (χ2n) is 6.60. The third kappa shape index (κ3) is 3.66. The summed E-state index contributed by atoms with van der Waals surface area (Å²) in [6.07, 6.45) is 8.79. The lowest BCUT2D eigenvalue weighted by atomic mass is 10.3. The molecule has 0 atom stereocenters. The van der Waals surface area contributed by atoms with Crippen LogP contribution < -0.4 is 10.6 Å². The molecule has 1 aromatic carbocycles. The van der Waals surface area contributed by atoms with Crippen LogP contribution in [0.1, 0.15) is 5.56 Å². The van der Waals surface area contributed by atoms with E-state index in [9.17, 15) is 0 Å². The fourth-order valence-corrected chi connectivity index (χ4v) is 3.11. The smallest absolute Gasteiger partial charge is 0.231 e. The predicted octanol–water partition coefficient (Wildman–Crippen LogP) is 3.96. The molecule has 4 heterocycles.